The minimum absolute atomic E-state index is 0.231. The van der Waals surface area contributed by atoms with Gasteiger partial charge in [-0.05, 0) is 12.1 Å². The van der Waals surface area contributed by atoms with Crippen molar-refractivity contribution < 1.29 is 27.5 Å². The van der Waals surface area contributed by atoms with Crippen LogP contribution in [0.3, 0.4) is 0 Å². The lowest BCUT2D eigenvalue weighted by molar-refractivity contribution is -0.147. The molecule has 0 N–H and O–H groups in total. The van der Waals surface area contributed by atoms with Gasteiger partial charge in [0.15, 0.2) is 0 Å². The molecule has 1 fully saturated rings. The van der Waals surface area contributed by atoms with E-state index in [4.69, 9.17) is 25.9 Å². The molecule has 0 spiro atoms. The summed E-state index contributed by atoms with van der Waals surface area (Å²) in [7, 11) is 0. The molecule has 1 unspecified atom stereocenters. The first-order valence-corrected chi connectivity index (χ1v) is 6.09. The van der Waals surface area contributed by atoms with Crippen molar-refractivity contribution in [2.45, 2.75) is 18.6 Å². The number of hydrogen-bond acceptors (Lipinski definition) is 4. The van der Waals surface area contributed by atoms with Gasteiger partial charge in [0, 0.05) is 10.6 Å². The molecule has 2 rings (SSSR count). The second kappa shape index (κ2) is 6.43. The Morgan fingerprint density at radius 3 is 2.40 bits per heavy atom. The van der Waals surface area contributed by atoms with Crippen LogP contribution in [0.5, 0.6) is 0 Å². The number of hydrogen-bond donors (Lipinski definition) is 0. The van der Waals surface area contributed by atoms with Crippen molar-refractivity contribution in [3.63, 3.8) is 0 Å². The van der Waals surface area contributed by atoms with Crippen molar-refractivity contribution in [1.29, 1.82) is 0 Å². The number of nitrogens with zero attached hydrogens (tertiary/aromatic N) is 1. The predicted molar refractivity (Wildman–Crippen MR) is 65.5 cm³/mol. The molecule has 1 saturated heterocycles. The molecule has 8 heteroatoms. The van der Waals surface area contributed by atoms with Crippen LogP contribution in [-0.4, -0.2) is 31.9 Å². The van der Waals surface area contributed by atoms with Crippen LogP contribution >= 0.6 is 11.6 Å². The summed E-state index contributed by atoms with van der Waals surface area (Å²) < 4.78 is 46.6. The summed E-state index contributed by atoms with van der Waals surface area (Å²) in [5.41, 5.74) is 0.556. The van der Waals surface area contributed by atoms with Crippen LogP contribution in [0.25, 0.3) is 0 Å². The average Bonchev–Trinajstić information content (AvgIpc) is 2.88. The van der Waals surface area contributed by atoms with Gasteiger partial charge in [-0.1, -0.05) is 28.9 Å². The fourth-order valence-electron chi connectivity index (χ4n) is 1.63. The molecule has 20 heavy (non-hydrogen) atoms. The highest BCUT2D eigenvalue weighted by atomic mass is 35.5. The Morgan fingerprint density at radius 1 is 1.25 bits per heavy atom. The summed E-state index contributed by atoms with van der Waals surface area (Å²) in [6.45, 7) is 0.697. The van der Waals surface area contributed by atoms with Gasteiger partial charge in [-0.25, -0.2) is 0 Å². The van der Waals surface area contributed by atoms with E-state index in [-0.39, 0.29) is 6.21 Å². The molecule has 1 aliphatic heterocycles. The number of alkyl halides is 3. The van der Waals surface area contributed by atoms with Crippen molar-refractivity contribution in [2.24, 2.45) is 5.16 Å². The van der Waals surface area contributed by atoms with Crippen molar-refractivity contribution in [2.75, 3.05) is 13.2 Å². The Bertz CT molecular complexity index is 458. The summed E-state index contributed by atoms with van der Waals surface area (Å²) in [4.78, 5) is 4.88. The minimum Gasteiger partial charge on any atom is -0.382 e. The standard InChI is InChI=1S/C12H11ClF3NO3/c13-9-3-1-8(2-4-9)10(11-18-5-6-19-11)20-17-7-12(14,15)16/h1-4,7,10-11H,5-6H2. The zero-order chi connectivity index (χ0) is 14.6. The molecule has 0 aromatic heterocycles. The highest BCUT2D eigenvalue weighted by Crippen LogP contribution is 2.28. The van der Waals surface area contributed by atoms with E-state index < -0.39 is 18.6 Å². The van der Waals surface area contributed by atoms with Crippen molar-refractivity contribution >= 4 is 17.8 Å². The third-order valence-electron chi connectivity index (χ3n) is 2.47. The zero-order valence-corrected chi connectivity index (χ0v) is 10.9. The molecule has 1 aromatic carbocycles. The topological polar surface area (TPSA) is 40.0 Å². The van der Waals surface area contributed by atoms with Gasteiger partial charge >= 0.3 is 6.18 Å². The van der Waals surface area contributed by atoms with Crippen molar-refractivity contribution in [1.82, 2.24) is 0 Å². The van der Waals surface area contributed by atoms with Gasteiger partial charge in [-0.2, -0.15) is 13.2 Å². The summed E-state index contributed by atoms with van der Waals surface area (Å²) in [6.07, 6.45) is -6.47. The molecule has 0 saturated carbocycles. The van der Waals surface area contributed by atoms with E-state index in [0.717, 1.165) is 0 Å². The summed E-state index contributed by atoms with van der Waals surface area (Å²) in [5, 5.41) is 3.44. The Hall–Kier alpha value is -1.31. The van der Waals surface area contributed by atoms with Gasteiger partial charge < -0.3 is 14.3 Å². The summed E-state index contributed by atoms with van der Waals surface area (Å²) in [5.74, 6) is 0. The molecule has 0 bridgehead atoms. The molecular weight excluding hydrogens is 299 g/mol. The number of oxime groups is 1. The predicted octanol–water partition coefficient (Wildman–Crippen LogP) is 3.32. The minimum atomic E-state index is -4.54. The fraction of sp³-hybridized carbons (Fsp3) is 0.417. The molecule has 1 atom stereocenters. The van der Waals surface area contributed by atoms with Gasteiger partial charge in [0.2, 0.25) is 12.4 Å². The Balaban J connectivity index is 2.12. The van der Waals surface area contributed by atoms with Gasteiger partial charge in [0.05, 0.1) is 13.2 Å². The van der Waals surface area contributed by atoms with E-state index in [1.54, 1.807) is 24.3 Å². The van der Waals surface area contributed by atoms with Gasteiger partial charge in [-0.3, -0.25) is 0 Å². The maximum absolute atomic E-state index is 12.0. The maximum Gasteiger partial charge on any atom is 0.429 e. The van der Waals surface area contributed by atoms with E-state index in [9.17, 15) is 13.2 Å². The molecular formula is C12H11ClF3NO3. The number of halogens is 4. The quantitative estimate of drug-likeness (QED) is 0.633. The Labute approximate surface area is 118 Å². The average molecular weight is 310 g/mol. The normalized spacial score (nSPS) is 18.6. The van der Waals surface area contributed by atoms with E-state index >= 15 is 0 Å². The Morgan fingerprint density at radius 2 is 1.85 bits per heavy atom. The monoisotopic (exact) mass is 309 g/mol. The van der Waals surface area contributed by atoms with Crippen LogP contribution in [0.1, 0.15) is 11.7 Å². The molecule has 1 aromatic rings. The smallest absolute Gasteiger partial charge is 0.382 e. The van der Waals surface area contributed by atoms with Crippen molar-refractivity contribution in [3.05, 3.63) is 34.9 Å². The fourth-order valence-corrected chi connectivity index (χ4v) is 1.75. The first-order valence-electron chi connectivity index (χ1n) is 5.71. The van der Waals surface area contributed by atoms with Gasteiger partial charge in [0.1, 0.15) is 6.21 Å². The summed E-state index contributed by atoms with van der Waals surface area (Å²) >= 11 is 5.76. The lowest BCUT2D eigenvalue weighted by Gasteiger charge is -2.20. The van der Waals surface area contributed by atoms with Crippen LogP contribution < -0.4 is 0 Å². The summed E-state index contributed by atoms with van der Waals surface area (Å²) in [6, 6.07) is 6.41. The lowest BCUT2D eigenvalue weighted by Crippen LogP contribution is -2.21. The SMILES string of the molecule is FC(F)(F)C=NOC(c1ccc(Cl)cc1)C1OCCO1. The van der Waals surface area contributed by atoms with E-state index in [1.807, 2.05) is 0 Å². The molecule has 4 nitrogen and oxygen atoms in total. The first kappa shape index (κ1) is 15.1. The van der Waals surface area contributed by atoms with E-state index in [2.05, 4.69) is 5.16 Å². The molecule has 0 aliphatic carbocycles. The number of benzene rings is 1. The third kappa shape index (κ3) is 4.36. The van der Waals surface area contributed by atoms with E-state index in [0.29, 0.717) is 23.8 Å². The van der Waals surface area contributed by atoms with Crippen LogP contribution in [0.2, 0.25) is 5.02 Å². The maximum atomic E-state index is 12.0. The molecule has 1 heterocycles. The molecule has 0 radical (unpaired) electrons. The van der Waals surface area contributed by atoms with Crippen molar-refractivity contribution in [3.8, 4) is 0 Å². The molecule has 1 aliphatic rings. The second-order valence-corrected chi connectivity index (χ2v) is 4.40. The largest absolute Gasteiger partial charge is 0.429 e. The highest BCUT2D eigenvalue weighted by Gasteiger charge is 2.31. The number of ether oxygens (including phenoxy) is 2. The first-order chi connectivity index (χ1) is 9.46. The van der Waals surface area contributed by atoms with E-state index in [1.165, 1.54) is 0 Å². The van der Waals surface area contributed by atoms with Crippen LogP contribution in [0, 0.1) is 0 Å². The third-order valence-corrected chi connectivity index (χ3v) is 2.72. The van der Waals surface area contributed by atoms with Crippen LogP contribution in [0.4, 0.5) is 13.2 Å². The zero-order valence-electron chi connectivity index (χ0n) is 10.1. The highest BCUT2D eigenvalue weighted by molar-refractivity contribution is 6.30. The Kier molecular flexibility index (Phi) is 4.85. The molecule has 110 valence electrons. The number of rotatable bonds is 4. The van der Waals surface area contributed by atoms with Gasteiger partial charge in [-0.15, -0.1) is 0 Å². The van der Waals surface area contributed by atoms with Gasteiger partial charge in [0.25, 0.3) is 0 Å². The van der Waals surface area contributed by atoms with Crippen LogP contribution in [-0.2, 0) is 14.3 Å². The lowest BCUT2D eigenvalue weighted by atomic mass is 10.1. The molecule has 0 amide bonds. The second-order valence-electron chi connectivity index (χ2n) is 3.96. The van der Waals surface area contributed by atoms with Crippen LogP contribution in [0.15, 0.2) is 29.4 Å².